The Hall–Kier alpha value is -2.04. The molecular formula is C11H11NO4. The molecule has 0 spiro atoms. The highest BCUT2D eigenvalue weighted by Crippen LogP contribution is 2.04. The highest BCUT2D eigenvalue weighted by molar-refractivity contribution is 5.83. The van der Waals surface area contributed by atoms with Gasteiger partial charge in [0.15, 0.2) is 6.04 Å². The summed E-state index contributed by atoms with van der Waals surface area (Å²) in [5.74, 6) is -0.477. The van der Waals surface area contributed by atoms with Crippen LogP contribution in [-0.4, -0.2) is 24.7 Å². The van der Waals surface area contributed by atoms with Crippen molar-refractivity contribution in [1.82, 2.24) is 5.32 Å². The van der Waals surface area contributed by atoms with Gasteiger partial charge in [-0.15, -0.1) is 0 Å². The maximum absolute atomic E-state index is 11.4. The van der Waals surface area contributed by atoms with E-state index in [2.05, 4.69) is 10.1 Å². The number of cyclic esters (lactones) is 1. The highest BCUT2D eigenvalue weighted by Gasteiger charge is 2.29. The molecule has 0 bridgehead atoms. The predicted octanol–water partition coefficient (Wildman–Crippen LogP) is 0.838. The Kier molecular flexibility index (Phi) is 3.05. The van der Waals surface area contributed by atoms with Gasteiger partial charge in [0.25, 0.3) is 0 Å². The number of alkyl carbamates (subject to hydrolysis) is 1. The number of esters is 1. The fourth-order valence-electron chi connectivity index (χ4n) is 1.34. The molecule has 1 aliphatic heterocycles. The van der Waals surface area contributed by atoms with E-state index >= 15 is 0 Å². The number of ether oxygens (including phenoxy) is 2. The SMILES string of the molecule is O=C1N[C@H](C(=O)OCc2ccccc2)CO1. The summed E-state index contributed by atoms with van der Waals surface area (Å²) < 4.78 is 9.61. The third-order valence-electron chi connectivity index (χ3n) is 2.18. The lowest BCUT2D eigenvalue weighted by atomic mass is 10.2. The Balaban J connectivity index is 1.82. The molecule has 0 radical (unpaired) electrons. The molecule has 1 aromatic carbocycles. The molecule has 0 aromatic heterocycles. The van der Waals surface area contributed by atoms with Gasteiger partial charge in [-0.3, -0.25) is 0 Å². The van der Waals surface area contributed by atoms with E-state index in [4.69, 9.17) is 4.74 Å². The topological polar surface area (TPSA) is 64.6 Å². The fourth-order valence-corrected chi connectivity index (χ4v) is 1.34. The van der Waals surface area contributed by atoms with Gasteiger partial charge in [0.1, 0.15) is 13.2 Å². The molecule has 16 heavy (non-hydrogen) atoms. The largest absolute Gasteiger partial charge is 0.459 e. The molecule has 1 N–H and O–H groups in total. The highest BCUT2D eigenvalue weighted by atomic mass is 16.6. The summed E-state index contributed by atoms with van der Waals surface area (Å²) in [5.41, 5.74) is 0.904. The van der Waals surface area contributed by atoms with Crippen LogP contribution in [0.15, 0.2) is 30.3 Å². The maximum atomic E-state index is 11.4. The van der Waals surface area contributed by atoms with Crippen molar-refractivity contribution in [3.05, 3.63) is 35.9 Å². The number of hydrogen-bond donors (Lipinski definition) is 1. The van der Waals surface area contributed by atoms with Gasteiger partial charge in [0.05, 0.1) is 0 Å². The van der Waals surface area contributed by atoms with E-state index in [0.29, 0.717) is 0 Å². The minimum atomic E-state index is -0.684. The normalized spacial score (nSPS) is 18.8. The van der Waals surface area contributed by atoms with Crippen LogP contribution in [0.2, 0.25) is 0 Å². The van der Waals surface area contributed by atoms with Crippen molar-refractivity contribution in [3.63, 3.8) is 0 Å². The van der Waals surface area contributed by atoms with Gasteiger partial charge in [-0.2, -0.15) is 0 Å². The van der Waals surface area contributed by atoms with E-state index in [1.54, 1.807) is 0 Å². The number of hydrogen-bond acceptors (Lipinski definition) is 4. The Bertz CT molecular complexity index is 390. The van der Waals surface area contributed by atoms with Gasteiger partial charge in [-0.05, 0) is 5.56 Å². The summed E-state index contributed by atoms with van der Waals surface area (Å²) in [6, 6.07) is 8.65. The number of amides is 1. The van der Waals surface area contributed by atoms with E-state index in [0.717, 1.165) is 5.56 Å². The summed E-state index contributed by atoms with van der Waals surface area (Å²) >= 11 is 0. The van der Waals surface area contributed by atoms with E-state index in [9.17, 15) is 9.59 Å². The first kappa shape index (κ1) is 10.5. The van der Waals surface area contributed by atoms with Gasteiger partial charge in [0.2, 0.25) is 0 Å². The second-order valence-electron chi connectivity index (χ2n) is 3.39. The van der Waals surface area contributed by atoms with Crippen molar-refractivity contribution < 1.29 is 19.1 Å². The molecule has 2 rings (SSSR count). The Morgan fingerprint density at radius 3 is 2.81 bits per heavy atom. The van der Waals surface area contributed by atoms with E-state index in [1.165, 1.54) is 0 Å². The first-order valence-electron chi connectivity index (χ1n) is 4.89. The van der Waals surface area contributed by atoms with Gasteiger partial charge >= 0.3 is 12.1 Å². The lowest BCUT2D eigenvalue weighted by Crippen LogP contribution is -2.35. The molecule has 5 heteroatoms. The molecule has 0 unspecified atom stereocenters. The number of nitrogens with one attached hydrogen (secondary N) is 1. The van der Waals surface area contributed by atoms with Gasteiger partial charge in [-0.1, -0.05) is 30.3 Å². The lowest BCUT2D eigenvalue weighted by Gasteiger charge is -2.07. The number of carbonyl (C=O) groups is 2. The van der Waals surface area contributed by atoms with Gasteiger partial charge in [0, 0.05) is 0 Å². The molecule has 1 atom stereocenters. The predicted molar refractivity (Wildman–Crippen MR) is 54.5 cm³/mol. The van der Waals surface area contributed by atoms with Crippen LogP contribution < -0.4 is 5.32 Å². The summed E-state index contributed by atoms with van der Waals surface area (Å²) in [6.07, 6.45) is -0.582. The van der Waals surface area contributed by atoms with Crippen molar-refractivity contribution in [3.8, 4) is 0 Å². The fraction of sp³-hybridized carbons (Fsp3) is 0.273. The van der Waals surface area contributed by atoms with Crippen LogP contribution in [0.5, 0.6) is 0 Å². The summed E-state index contributed by atoms with van der Waals surface area (Å²) in [5, 5.41) is 2.35. The molecule has 1 saturated heterocycles. The minimum absolute atomic E-state index is 0.0342. The third-order valence-corrected chi connectivity index (χ3v) is 2.18. The summed E-state index contributed by atoms with van der Waals surface area (Å²) in [6.45, 7) is 0.235. The van der Waals surface area contributed by atoms with Crippen LogP contribution in [0.3, 0.4) is 0 Å². The Labute approximate surface area is 92.4 Å². The van der Waals surface area contributed by atoms with Crippen LogP contribution in [0.4, 0.5) is 4.79 Å². The minimum Gasteiger partial charge on any atom is -0.459 e. The first-order chi connectivity index (χ1) is 7.75. The molecule has 0 aliphatic carbocycles. The van der Waals surface area contributed by atoms with Gasteiger partial charge < -0.3 is 14.8 Å². The van der Waals surface area contributed by atoms with Crippen LogP contribution in [-0.2, 0) is 20.9 Å². The summed E-state index contributed by atoms with van der Waals surface area (Å²) in [7, 11) is 0. The van der Waals surface area contributed by atoms with Crippen LogP contribution >= 0.6 is 0 Å². The van der Waals surface area contributed by atoms with Crippen LogP contribution in [0.25, 0.3) is 0 Å². The second-order valence-corrected chi connectivity index (χ2v) is 3.39. The average molecular weight is 221 g/mol. The van der Waals surface area contributed by atoms with Crippen LogP contribution in [0.1, 0.15) is 5.56 Å². The van der Waals surface area contributed by atoms with E-state index < -0.39 is 18.1 Å². The quantitative estimate of drug-likeness (QED) is 0.768. The Morgan fingerprint density at radius 1 is 1.44 bits per heavy atom. The zero-order valence-corrected chi connectivity index (χ0v) is 8.51. The molecule has 1 aromatic rings. The van der Waals surface area contributed by atoms with Crippen molar-refractivity contribution in [2.24, 2.45) is 0 Å². The zero-order valence-electron chi connectivity index (χ0n) is 8.51. The zero-order chi connectivity index (χ0) is 11.4. The lowest BCUT2D eigenvalue weighted by molar-refractivity contribution is -0.147. The Morgan fingerprint density at radius 2 is 2.19 bits per heavy atom. The monoisotopic (exact) mass is 221 g/mol. The van der Waals surface area contributed by atoms with Crippen LogP contribution in [0, 0.1) is 0 Å². The van der Waals surface area contributed by atoms with Crippen molar-refractivity contribution in [1.29, 1.82) is 0 Å². The molecule has 1 amide bonds. The third kappa shape index (κ3) is 2.50. The smallest absolute Gasteiger partial charge is 0.408 e. The second kappa shape index (κ2) is 4.65. The van der Waals surface area contributed by atoms with Crippen molar-refractivity contribution in [2.75, 3.05) is 6.61 Å². The molecule has 1 heterocycles. The molecule has 1 aliphatic rings. The first-order valence-corrected chi connectivity index (χ1v) is 4.89. The molecular weight excluding hydrogens is 210 g/mol. The number of carbonyl (C=O) groups excluding carboxylic acids is 2. The maximum Gasteiger partial charge on any atom is 0.408 e. The van der Waals surface area contributed by atoms with Crippen molar-refractivity contribution >= 4 is 12.1 Å². The van der Waals surface area contributed by atoms with Crippen molar-refractivity contribution in [2.45, 2.75) is 12.6 Å². The summed E-state index contributed by atoms with van der Waals surface area (Å²) in [4.78, 5) is 22.1. The van der Waals surface area contributed by atoms with E-state index in [-0.39, 0.29) is 13.2 Å². The standard InChI is InChI=1S/C11H11NO4/c13-10(9-7-16-11(14)12-9)15-6-8-4-2-1-3-5-8/h1-5,9H,6-7H2,(H,12,14)/t9-/m0/s1. The average Bonchev–Trinajstić information content (AvgIpc) is 2.74. The van der Waals surface area contributed by atoms with E-state index in [1.807, 2.05) is 30.3 Å². The molecule has 1 fully saturated rings. The van der Waals surface area contributed by atoms with Gasteiger partial charge in [-0.25, -0.2) is 9.59 Å². The molecule has 84 valence electrons. The molecule has 5 nitrogen and oxygen atoms in total. The molecule has 0 saturated carbocycles. The number of benzene rings is 1. The number of rotatable bonds is 3.